The minimum absolute atomic E-state index is 0.964. The van der Waals surface area contributed by atoms with Crippen LogP contribution in [0.2, 0.25) is 0 Å². The van der Waals surface area contributed by atoms with Gasteiger partial charge in [0, 0.05) is 35.3 Å². The van der Waals surface area contributed by atoms with Crippen LogP contribution in [0.3, 0.4) is 0 Å². The van der Waals surface area contributed by atoms with Gasteiger partial charge < -0.3 is 14.7 Å². The van der Waals surface area contributed by atoms with Gasteiger partial charge in [0.15, 0.2) is 0 Å². The Morgan fingerprint density at radius 2 is 1.21 bits per heavy atom. The Morgan fingerprint density at radius 1 is 0.643 bits per heavy atom. The van der Waals surface area contributed by atoms with Gasteiger partial charge in [0.2, 0.25) is 0 Å². The lowest BCUT2D eigenvalue weighted by atomic mass is 10.1. The summed E-state index contributed by atoms with van der Waals surface area (Å²) in [5.74, 6) is 0. The number of nitrogens with zero attached hydrogens (tertiary/aromatic N) is 3. The van der Waals surface area contributed by atoms with Gasteiger partial charge in [-0.3, -0.25) is 0 Å². The van der Waals surface area contributed by atoms with Gasteiger partial charge in [-0.15, -0.1) is 0 Å². The summed E-state index contributed by atoms with van der Waals surface area (Å²) in [5, 5.41) is 2.36. The van der Waals surface area contributed by atoms with E-state index in [1.165, 1.54) is 43.0 Å². The van der Waals surface area contributed by atoms with Gasteiger partial charge in [0.25, 0.3) is 0 Å². The second-order valence-corrected chi connectivity index (χ2v) is 12.5. The first-order valence-corrected chi connectivity index (χ1v) is 15.8. The topological polar surface area (TPSA) is 9.72 Å². The molecule has 0 amide bonds. The summed E-state index contributed by atoms with van der Waals surface area (Å²) >= 11 is 3.62. The van der Waals surface area contributed by atoms with Gasteiger partial charge in [0.1, 0.15) is 5.03 Å². The summed E-state index contributed by atoms with van der Waals surface area (Å²) in [5.41, 5.74) is 12.3. The first kappa shape index (κ1) is 26.6. The third-order valence-corrected chi connectivity index (χ3v) is 10.2. The normalized spacial score (nSPS) is 17.6. The Morgan fingerprint density at radius 3 is 1.83 bits per heavy atom. The van der Waals surface area contributed by atoms with Gasteiger partial charge in [-0.1, -0.05) is 96.0 Å². The quantitative estimate of drug-likeness (QED) is 0.216. The molecule has 2 aliphatic heterocycles. The molecule has 0 saturated heterocycles. The van der Waals surface area contributed by atoms with Crippen LogP contribution in [0.4, 0.5) is 22.7 Å². The van der Waals surface area contributed by atoms with E-state index in [0.717, 1.165) is 29.2 Å². The Labute approximate surface area is 256 Å². The predicted octanol–water partition coefficient (Wildman–Crippen LogP) is 10.1. The predicted molar refractivity (Wildman–Crippen MR) is 180 cm³/mol. The van der Waals surface area contributed by atoms with E-state index in [-0.39, 0.29) is 0 Å². The molecule has 0 bridgehead atoms. The molecule has 2 heterocycles. The molecular formula is C37H31N3S2. The summed E-state index contributed by atoms with van der Waals surface area (Å²) in [7, 11) is 4.29. The van der Waals surface area contributed by atoms with E-state index >= 15 is 0 Å². The molecule has 0 N–H and O–H groups in total. The average molecular weight is 582 g/mol. The van der Waals surface area contributed by atoms with Gasteiger partial charge >= 0.3 is 0 Å². The Hall–Kier alpha value is -4.28. The molecule has 0 atom stereocenters. The zero-order valence-corrected chi connectivity index (χ0v) is 25.3. The number of rotatable bonds is 5. The molecule has 5 heteroatoms. The van der Waals surface area contributed by atoms with Gasteiger partial charge in [0.05, 0.1) is 22.1 Å². The summed E-state index contributed by atoms with van der Waals surface area (Å²) in [6.45, 7) is 0. The highest BCUT2D eigenvalue weighted by Crippen LogP contribution is 2.47. The lowest BCUT2D eigenvalue weighted by Gasteiger charge is -2.28. The second kappa shape index (κ2) is 11.5. The lowest BCUT2D eigenvalue weighted by Crippen LogP contribution is -2.17. The molecule has 4 aromatic carbocycles. The van der Waals surface area contributed by atoms with Crippen LogP contribution in [-0.2, 0) is 0 Å². The SMILES string of the molecule is CN1C(=C=CC2=C(N(c3ccccc3)c3ccccc3)C(=CC=C3Sc4ccccc4N3C)CC2)Sc2ccccc21. The molecule has 3 aliphatic rings. The van der Waals surface area contributed by atoms with E-state index in [1.54, 1.807) is 11.8 Å². The van der Waals surface area contributed by atoms with Crippen LogP contribution in [-0.4, -0.2) is 14.1 Å². The average Bonchev–Trinajstić information content (AvgIpc) is 3.69. The Balaban J connectivity index is 1.35. The molecule has 7 rings (SSSR count). The molecule has 3 nitrogen and oxygen atoms in total. The van der Waals surface area contributed by atoms with Crippen molar-refractivity contribution in [1.29, 1.82) is 0 Å². The number of thioether (sulfide) groups is 2. The van der Waals surface area contributed by atoms with Crippen LogP contribution in [0, 0.1) is 0 Å². The maximum absolute atomic E-state index is 3.69. The molecule has 4 aromatic rings. The number of para-hydroxylation sites is 4. The van der Waals surface area contributed by atoms with Crippen LogP contribution in [0.15, 0.2) is 170 Å². The van der Waals surface area contributed by atoms with E-state index in [4.69, 9.17) is 0 Å². The van der Waals surface area contributed by atoms with E-state index in [2.05, 4.69) is 162 Å². The molecule has 0 saturated carbocycles. The first-order valence-electron chi connectivity index (χ1n) is 14.2. The summed E-state index contributed by atoms with van der Waals surface area (Å²) in [4.78, 5) is 9.52. The maximum atomic E-state index is 3.69. The van der Waals surface area contributed by atoms with Crippen molar-refractivity contribution in [3.63, 3.8) is 0 Å². The maximum Gasteiger partial charge on any atom is 0.124 e. The second-order valence-electron chi connectivity index (χ2n) is 10.4. The fraction of sp³-hybridized carbons (Fsp3) is 0.108. The monoisotopic (exact) mass is 581 g/mol. The van der Waals surface area contributed by atoms with Crippen molar-refractivity contribution in [3.05, 3.63) is 160 Å². The van der Waals surface area contributed by atoms with Crippen LogP contribution in [0.25, 0.3) is 0 Å². The van der Waals surface area contributed by atoms with Crippen LogP contribution >= 0.6 is 23.5 Å². The van der Waals surface area contributed by atoms with Crippen molar-refractivity contribution in [3.8, 4) is 0 Å². The minimum Gasteiger partial charge on any atom is -0.338 e. The molecule has 0 aromatic heterocycles. The molecule has 0 fully saturated rings. The summed E-state index contributed by atoms with van der Waals surface area (Å²) in [6, 6.07) is 38.6. The molecule has 0 radical (unpaired) electrons. The van der Waals surface area contributed by atoms with Gasteiger partial charge in [-0.2, -0.15) is 0 Å². The largest absolute Gasteiger partial charge is 0.338 e. The van der Waals surface area contributed by atoms with Gasteiger partial charge in [-0.25, -0.2) is 0 Å². The standard InChI is InChI=1S/C37H31N3S2/c1-38-31-17-9-11-19-33(31)41-35(38)25-23-27-21-22-28(24-26-36-39(2)32-18-10-12-20-34(32)42-36)37(27)40(29-13-5-3-6-14-29)30-15-7-4-8-16-30/h3-20,23-25H,21-22H2,1-2H3. The third-order valence-electron chi connectivity index (χ3n) is 7.83. The highest BCUT2D eigenvalue weighted by Gasteiger charge is 2.27. The Bertz CT molecular complexity index is 1760. The van der Waals surface area contributed by atoms with Crippen LogP contribution < -0.4 is 14.7 Å². The highest BCUT2D eigenvalue weighted by molar-refractivity contribution is 8.04. The molecule has 0 spiro atoms. The molecular weight excluding hydrogens is 551 g/mol. The van der Waals surface area contributed by atoms with Crippen LogP contribution in [0.5, 0.6) is 0 Å². The number of allylic oxidation sites excluding steroid dienone is 5. The summed E-state index contributed by atoms with van der Waals surface area (Å²) in [6.07, 6.45) is 8.78. The molecule has 42 heavy (non-hydrogen) atoms. The van der Waals surface area contributed by atoms with E-state index < -0.39 is 0 Å². The zero-order valence-electron chi connectivity index (χ0n) is 23.7. The van der Waals surface area contributed by atoms with E-state index in [9.17, 15) is 0 Å². The molecule has 0 unspecified atom stereocenters. The number of fused-ring (bicyclic) bond motifs is 2. The van der Waals surface area contributed by atoms with Crippen molar-refractivity contribution in [1.82, 2.24) is 0 Å². The molecule has 206 valence electrons. The fourth-order valence-electron chi connectivity index (χ4n) is 5.68. The van der Waals surface area contributed by atoms with Crippen molar-refractivity contribution < 1.29 is 0 Å². The van der Waals surface area contributed by atoms with Crippen molar-refractivity contribution in [2.45, 2.75) is 22.6 Å². The van der Waals surface area contributed by atoms with E-state index in [0.29, 0.717) is 0 Å². The first-order chi connectivity index (χ1) is 20.7. The van der Waals surface area contributed by atoms with Crippen LogP contribution in [0.1, 0.15) is 12.8 Å². The summed E-state index contributed by atoms with van der Waals surface area (Å²) < 4.78 is 0. The number of hydrogen-bond acceptors (Lipinski definition) is 5. The van der Waals surface area contributed by atoms with E-state index in [1.807, 2.05) is 11.8 Å². The van der Waals surface area contributed by atoms with Gasteiger partial charge in [-0.05, 0) is 84.7 Å². The van der Waals surface area contributed by atoms with Crippen molar-refractivity contribution in [2.24, 2.45) is 0 Å². The lowest BCUT2D eigenvalue weighted by molar-refractivity contribution is 1.03. The molecule has 1 aliphatic carbocycles. The zero-order chi connectivity index (χ0) is 28.5. The Kier molecular flexibility index (Phi) is 7.31. The van der Waals surface area contributed by atoms with Crippen molar-refractivity contribution in [2.75, 3.05) is 28.8 Å². The number of benzene rings is 4. The highest BCUT2D eigenvalue weighted by atomic mass is 32.2. The van der Waals surface area contributed by atoms with Crippen molar-refractivity contribution >= 4 is 46.3 Å². The minimum atomic E-state index is 0.964. The number of hydrogen-bond donors (Lipinski definition) is 0. The number of anilines is 4. The fourth-order valence-corrected chi connectivity index (χ4v) is 7.75. The third kappa shape index (κ3) is 5.01. The smallest absolute Gasteiger partial charge is 0.124 e.